The molecule has 0 saturated heterocycles. The second kappa shape index (κ2) is 6.40. The van der Waals surface area contributed by atoms with Gasteiger partial charge in [-0.05, 0) is 48.2 Å². The van der Waals surface area contributed by atoms with Crippen molar-refractivity contribution in [2.24, 2.45) is 5.84 Å². The van der Waals surface area contributed by atoms with E-state index in [1.807, 2.05) is 49.4 Å². The molecule has 0 bridgehead atoms. The number of hydrogen-bond acceptors (Lipinski definition) is 2. The van der Waals surface area contributed by atoms with E-state index in [1.165, 1.54) is 5.56 Å². The molecule has 0 heterocycles. The van der Waals surface area contributed by atoms with Crippen molar-refractivity contribution in [3.8, 4) is 0 Å². The summed E-state index contributed by atoms with van der Waals surface area (Å²) in [5.74, 6) is 5.65. The summed E-state index contributed by atoms with van der Waals surface area (Å²) in [5.41, 5.74) is 6.15. The van der Waals surface area contributed by atoms with Gasteiger partial charge in [-0.2, -0.15) is 0 Å². The number of aryl methyl sites for hydroxylation is 1. The maximum atomic E-state index is 6.15. The van der Waals surface area contributed by atoms with Crippen LogP contribution in [0.5, 0.6) is 0 Å². The number of hydrazine groups is 1. The van der Waals surface area contributed by atoms with Gasteiger partial charge in [0.05, 0.1) is 6.04 Å². The number of rotatable bonds is 4. The molecule has 19 heavy (non-hydrogen) atoms. The van der Waals surface area contributed by atoms with Crippen molar-refractivity contribution in [2.45, 2.75) is 19.4 Å². The smallest absolute Gasteiger partial charge is 0.0500 e. The molecule has 2 rings (SSSR count). The van der Waals surface area contributed by atoms with Crippen molar-refractivity contribution >= 4 is 23.2 Å². The summed E-state index contributed by atoms with van der Waals surface area (Å²) in [6.45, 7) is 1.98. The number of nitrogens with two attached hydrogens (primary N) is 1. The van der Waals surface area contributed by atoms with E-state index in [4.69, 9.17) is 29.0 Å². The third-order valence-corrected chi connectivity index (χ3v) is 3.81. The Kier molecular flexibility index (Phi) is 4.83. The Morgan fingerprint density at radius 3 is 2.37 bits per heavy atom. The average molecular weight is 295 g/mol. The van der Waals surface area contributed by atoms with Crippen molar-refractivity contribution in [1.29, 1.82) is 0 Å². The van der Waals surface area contributed by atoms with Crippen LogP contribution in [0.3, 0.4) is 0 Å². The number of halogens is 2. The predicted octanol–water partition coefficient (Wildman–Crippen LogP) is 4.05. The molecule has 0 aromatic heterocycles. The lowest BCUT2D eigenvalue weighted by Crippen LogP contribution is -2.29. The summed E-state index contributed by atoms with van der Waals surface area (Å²) in [6, 6.07) is 13.8. The van der Waals surface area contributed by atoms with E-state index in [1.54, 1.807) is 0 Å². The topological polar surface area (TPSA) is 38.0 Å². The second-order valence-corrected chi connectivity index (χ2v) is 5.40. The van der Waals surface area contributed by atoms with Crippen LogP contribution in [0.2, 0.25) is 10.0 Å². The highest BCUT2D eigenvalue weighted by Gasteiger charge is 2.11. The number of nitrogens with one attached hydrogen (secondary N) is 1. The zero-order valence-corrected chi connectivity index (χ0v) is 12.2. The fraction of sp³-hybridized carbons (Fsp3) is 0.200. The highest BCUT2D eigenvalue weighted by atomic mass is 35.5. The fourth-order valence-corrected chi connectivity index (χ4v) is 2.27. The van der Waals surface area contributed by atoms with Crippen LogP contribution in [0.25, 0.3) is 0 Å². The molecule has 0 amide bonds. The molecule has 2 nitrogen and oxygen atoms in total. The van der Waals surface area contributed by atoms with Crippen molar-refractivity contribution < 1.29 is 0 Å². The standard InChI is InChI=1S/C15H16Cl2N2/c1-10-2-5-12(9-14(10)17)15(19-18)8-11-3-6-13(16)7-4-11/h2-7,9,15,19H,8,18H2,1H3. The Balaban J connectivity index is 2.19. The zero-order valence-electron chi connectivity index (χ0n) is 10.7. The van der Waals surface area contributed by atoms with Crippen molar-refractivity contribution in [1.82, 2.24) is 5.43 Å². The van der Waals surface area contributed by atoms with Gasteiger partial charge < -0.3 is 0 Å². The van der Waals surface area contributed by atoms with Gasteiger partial charge in [0.25, 0.3) is 0 Å². The van der Waals surface area contributed by atoms with E-state index >= 15 is 0 Å². The molecular weight excluding hydrogens is 279 g/mol. The molecule has 0 radical (unpaired) electrons. The third kappa shape index (κ3) is 3.71. The minimum atomic E-state index is 0.0271. The lowest BCUT2D eigenvalue weighted by Gasteiger charge is -2.17. The molecule has 2 aromatic carbocycles. The van der Waals surface area contributed by atoms with Gasteiger partial charge in [0.1, 0.15) is 0 Å². The fourth-order valence-electron chi connectivity index (χ4n) is 1.96. The lowest BCUT2D eigenvalue weighted by molar-refractivity contribution is 0.552. The van der Waals surface area contributed by atoms with Crippen LogP contribution < -0.4 is 11.3 Å². The van der Waals surface area contributed by atoms with Gasteiger partial charge in [0.15, 0.2) is 0 Å². The van der Waals surface area contributed by atoms with Crippen LogP contribution in [0, 0.1) is 6.92 Å². The first-order valence-corrected chi connectivity index (χ1v) is 6.82. The van der Waals surface area contributed by atoms with E-state index in [0.29, 0.717) is 0 Å². The van der Waals surface area contributed by atoms with Gasteiger partial charge in [0, 0.05) is 10.0 Å². The minimum Gasteiger partial charge on any atom is -0.271 e. The third-order valence-electron chi connectivity index (χ3n) is 3.15. The Morgan fingerprint density at radius 2 is 1.79 bits per heavy atom. The monoisotopic (exact) mass is 294 g/mol. The van der Waals surface area contributed by atoms with Gasteiger partial charge in [0.2, 0.25) is 0 Å². The largest absolute Gasteiger partial charge is 0.271 e. The Morgan fingerprint density at radius 1 is 1.11 bits per heavy atom. The first-order chi connectivity index (χ1) is 9.10. The van der Waals surface area contributed by atoms with Crippen LogP contribution in [0.15, 0.2) is 42.5 Å². The van der Waals surface area contributed by atoms with Crippen molar-refractivity contribution in [2.75, 3.05) is 0 Å². The van der Waals surface area contributed by atoms with E-state index in [-0.39, 0.29) is 6.04 Å². The average Bonchev–Trinajstić information content (AvgIpc) is 2.41. The van der Waals surface area contributed by atoms with Crippen LogP contribution in [-0.4, -0.2) is 0 Å². The summed E-state index contributed by atoms with van der Waals surface area (Å²) in [6.07, 6.45) is 0.785. The molecule has 100 valence electrons. The summed E-state index contributed by atoms with van der Waals surface area (Å²) in [7, 11) is 0. The molecule has 4 heteroatoms. The molecule has 0 aliphatic rings. The SMILES string of the molecule is Cc1ccc(C(Cc2ccc(Cl)cc2)NN)cc1Cl. The predicted molar refractivity (Wildman–Crippen MR) is 81.4 cm³/mol. The maximum absolute atomic E-state index is 6.15. The minimum absolute atomic E-state index is 0.0271. The van der Waals surface area contributed by atoms with Crippen LogP contribution >= 0.6 is 23.2 Å². The Bertz CT molecular complexity index is 553. The first kappa shape index (κ1) is 14.4. The van der Waals surface area contributed by atoms with Gasteiger partial charge in [-0.25, -0.2) is 0 Å². The molecule has 0 aliphatic carbocycles. The van der Waals surface area contributed by atoms with Crippen LogP contribution in [0.4, 0.5) is 0 Å². The molecule has 1 atom stereocenters. The molecular formula is C15H16Cl2N2. The summed E-state index contributed by atoms with van der Waals surface area (Å²) in [5, 5.41) is 1.49. The summed E-state index contributed by atoms with van der Waals surface area (Å²) < 4.78 is 0. The van der Waals surface area contributed by atoms with E-state index in [2.05, 4.69) is 5.43 Å². The maximum Gasteiger partial charge on any atom is 0.0500 e. The number of benzene rings is 2. The highest BCUT2D eigenvalue weighted by Crippen LogP contribution is 2.24. The van der Waals surface area contributed by atoms with Gasteiger partial charge >= 0.3 is 0 Å². The lowest BCUT2D eigenvalue weighted by atomic mass is 9.98. The van der Waals surface area contributed by atoms with Gasteiger partial charge in [-0.15, -0.1) is 0 Å². The quantitative estimate of drug-likeness (QED) is 0.659. The first-order valence-electron chi connectivity index (χ1n) is 6.07. The molecule has 1 unspecified atom stereocenters. The Labute approximate surface area is 123 Å². The second-order valence-electron chi connectivity index (χ2n) is 4.56. The Hall–Kier alpha value is -1.06. The summed E-state index contributed by atoms with van der Waals surface area (Å²) in [4.78, 5) is 0. The molecule has 0 spiro atoms. The zero-order chi connectivity index (χ0) is 13.8. The molecule has 0 fully saturated rings. The van der Waals surface area contributed by atoms with E-state index in [9.17, 15) is 0 Å². The summed E-state index contributed by atoms with van der Waals surface area (Å²) >= 11 is 12.0. The van der Waals surface area contributed by atoms with Crippen molar-refractivity contribution in [3.63, 3.8) is 0 Å². The van der Waals surface area contributed by atoms with Gasteiger partial charge in [-0.1, -0.05) is 47.5 Å². The highest BCUT2D eigenvalue weighted by molar-refractivity contribution is 6.31. The van der Waals surface area contributed by atoms with Crippen LogP contribution in [-0.2, 0) is 6.42 Å². The molecule has 0 saturated carbocycles. The van der Waals surface area contributed by atoms with E-state index < -0.39 is 0 Å². The van der Waals surface area contributed by atoms with Gasteiger partial charge in [-0.3, -0.25) is 11.3 Å². The normalized spacial score (nSPS) is 12.4. The molecule has 3 N–H and O–H groups in total. The molecule has 0 aliphatic heterocycles. The van der Waals surface area contributed by atoms with E-state index in [0.717, 1.165) is 27.6 Å². The van der Waals surface area contributed by atoms with Crippen molar-refractivity contribution in [3.05, 3.63) is 69.2 Å². The van der Waals surface area contributed by atoms with Crippen LogP contribution in [0.1, 0.15) is 22.7 Å². The number of hydrogen-bond donors (Lipinski definition) is 2. The molecule has 2 aromatic rings.